The summed E-state index contributed by atoms with van der Waals surface area (Å²) in [7, 11) is 1.60. The van der Waals surface area contributed by atoms with Crippen LogP contribution in [0.25, 0.3) is 0 Å². The van der Waals surface area contributed by atoms with Gasteiger partial charge in [-0.3, -0.25) is 0 Å². The lowest BCUT2D eigenvalue weighted by molar-refractivity contribution is 0.141. The number of halogens is 1. The van der Waals surface area contributed by atoms with E-state index < -0.39 is 6.10 Å². The van der Waals surface area contributed by atoms with E-state index in [9.17, 15) is 5.11 Å². The van der Waals surface area contributed by atoms with Gasteiger partial charge in [-0.25, -0.2) is 0 Å². The molecule has 1 unspecified atom stereocenters. The van der Waals surface area contributed by atoms with E-state index in [0.717, 1.165) is 0 Å². The van der Waals surface area contributed by atoms with E-state index in [4.69, 9.17) is 21.1 Å². The first kappa shape index (κ1) is 12.3. The number of aliphatic hydroxyl groups is 1. The summed E-state index contributed by atoms with van der Waals surface area (Å²) in [6, 6.07) is 5.31. The minimum absolute atomic E-state index is 0.417. The van der Waals surface area contributed by atoms with Crippen molar-refractivity contribution in [3.05, 3.63) is 28.8 Å². The first-order chi connectivity index (χ1) is 7.16. The second-order valence-corrected chi connectivity index (χ2v) is 3.58. The maximum Gasteiger partial charge on any atom is 0.143 e. The van der Waals surface area contributed by atoms with Gasteiger partial charge in [0, 0.05) is 12.7 Å². The Labute approximate surface area is 94.6 Å². The number of para-hydroxylation sites is 1. The average Bonchev–Trinajstić information content (AvgIpc) is 2.20. The summed E-state index contributed by atoms with van der Waals surface area (Å²) in [5, 5.41) is 10.0. The molecule has 0 fully saturated rings. The molecule has 15 heavy (non-hydrogen) atoms. The first-order valence-corrected chi connectivity index (χ1v) is 5.12. The van der Waals surface area contributed by atoms with Crippen LogP contribution in [-0.2, 0) is 4.74 Å². The van der Waals surface area contributed by atoms with Crippen molar-refractivity contribution < 1.29 is 14.6 Å². The predicted molar refractivity (Wildman–Crippen MR) is 59.5 cm³/mol. The highest BCUT2D eigenvalue weighted by atomic mass is 35.5. The Morgan fingerprint density at radius 1 is 1.40 bits per heavy atom. The third-order valence-corrected chi connectivity index (χ3v) is 2.28. The van der Waals surface area contributed by atoms with E-state index in [2.05, 4.69) is 0 Å². The molecule has 0 aliphatic carbocycles. The summed E-state index contributed by atoms with van der Waals surface area (Å²) >= 11 is 5.98. The molecule has 1 aromatic rings. The molecule has 0 aliphatic rings. The summed E-state index contributed by atoms with van der Waals surface area (Å²) in [4.78, 5) is 0. The fourth-order valence-electron chi connectivity index (χ4n) is 1.23. The van der Waals surface area contributed by atoms with Gasteiger partial charge in [-0.05, 0) is 13.0 Å². The smallest absolute Gasteiger partial charge is 0.143 e. The highest BCUT2D eigenvalue weighted by molar-refractivity contribution is 6.32. The Morgan fingerprint density at radius 2 is 2.13 bits per heavy atom. The minimum atomic E-state index is -0.596. The largest absolute Gasteiger partial charge is 0.489 e. The van der Waals surface area contributed by atoms with Crippen molar-refractivity contribution in [2.45, 2.75) is 13.0 Å². The lowest BCUT2D eigenvalue weighted by Gasteiger charge is -2.14. The molecule has 0 saturated carbocycles. The number of methoxy groups -OCH3 is 1. The van der Waals surface area contributed by atoms with Crippen LogP contribution < -0.4 is 4.74 Å². The molecule has 0 bridgehead atoms. The van der Waals surface area contributed by atoms with Gasteiger partial charge >= 0.3 is 0 Å². The second kappa shape index (κ2) is 5.95. The summed E-state index contributed by atoms with van der Waals surface area (Å²) < 4.78 is 10.3. The predicted octanol–water partition coefficient (Wildman–Crippen LogP) is 2.42. The van der Waals surface area contributed by atoms with Crippen molar-refractivity contribution in [3.63, 3.8) is 0 Å². The zero-order chi connectivity index (χ0) is 11.3. The molecule has 1 N–H and O–H groups in total. The quantitative estimate of drug-likeness (QED) is 0.790. The van der Waals surface area contributed by atoms with E-state index >= 15 is 0 Å². The minimum Gasteiger partial charge on any atom is -0.489 e. The number of aliphatic hydroxyl groups excluding tert-OH is 1. The molecule has 0 spiro atoms. The van der Waals surface area contributed by atoms with Gasteiger partial charge in [-0.15, -0.1) is 0 Å². The van der Waals surface area contributed by atoms with E-state index in [-0.39, 0.29) is 0 Å². The summed E-state index contributed by atoms with van der Waals surface area (Å²) in [6.07, 6.45) is -0.596. The fourth-order valence-corrected chi connectivity index (χ4v) is 1.47. The summed E-state index contributed by atoms with van der Waals surface area (Å²) in [5.74, 6) is 0.534. The number of ether oxygens (including phenoxy) is 2. The normalized spacial score (nSPS) is 12.5. The SMILES string of the molecule is COCCOc1c(Cl)cccc1C(C)O. The van der Waals surface area contributed by atoms with Crippen molar-refractivity contribution in [1.29, 1.82) is 0 Å². The van der Waals surface area contributed by atoms with Crippen molar-refractivity contribution in [2.24, 2.45) is 0 Å². The number of hydrogen-bond acceptors (Lipinski definition) is 3. The molecule has 1 atom stereocenters. The summed E-state index contributed by atoms with van der Waals surface area (Å²) in [5.41, 5.74) is 0.693. The average molecular weight is 231 g/mol. The van der Waals surface area contributed by atoms with E-state index in [0.29, 0.717) is 29.5 Å². The van der Waals surface area contributed by atoms with E-state index in [1.54, 1.807) is 32.2 Å². The zero-order valence-corrected chi connectivity index (χ0v) is 9.62. The standard InChI is InChI=1S/C11H15ClO3/c1-8(13)9-4-3-5-10(12)11(9)15-7-6-14-2/h3-5,8,13H,6-7H2,1-2H3. The molecule has 0 heterocycles. The maximum atomic E-state index is 9.52. The second-order valence-electron chi connectivity index (χ2n) is 3.18. The van der Waals surface area contributed by atoms with Crippen molar-refractivity contribution in [3.8, 4) is 5.75 Å². The molecular weight excluding hydrogens is 216 g/mol. The number of benzene rings is 1. The van der Waals surface area contributed by atoms with Crippen LogP contribution in [0.15, 0.2) is 18.2 Å². The Kier molecular flexibility index (Phi) is 4.88. The van der Waals surface area contributed by atoms with Gasteiger partial charge < -0.3 is 14.6 Å². The van der Waals surface area contributed by atoms with Gasteiger partial charge in [0.05, 0.1) is 17.7 Å². The highest BCUT2D eigenvalue weighted by Gasteiger charge is 2.12. The molecule has 4 heteroatoms. The first-order valence-electron chi connectivity index (χ1n) is 4.75. The van der Waals surface area contributed by atoms with Crippen molar-refractivity contribution in [1.82, 2.24) is 0 Å². The van der Waals surface area contributed by atoms with E-state index in [1.165, 1.54) is 0 Å². The lowest BCUT2D eigenvalue weighted by atomic mass is 10.1. The van der Waals surface area contributed by atoms with Gasteiger partial charge in [0.2, 0.25) is 0 Å². The summed E-state index contributed by atoms with van der Waals surface area (Å²) in [6.45, 7) is 2.58. The highest BCUT2D eigenvalue weighted by Crippen LogP contribution is 2.32. The van der Waals surface area contributed by atoms with Crippen molar-refractivity contribution >= 4 is 11.6 Å². The lowest BCUT2D eigenvalue weighted by Crippen LogP contribution is -2.07. The topological polar surface area (TPSA) is 38.7 Å². The molecule has 0 aromatic heterocycles. The molecule has 1 aromatic carbocycles. The van der Waals surface area contributed by atoms with Crippen LogP contribution in [0.2, 0.25) is 5.02 Å². The van der Waals surface area contributed by atoms with E-state index in [1.807, 2.05) is 0 Å². The zero-order valence-electron chi connectivity index (χ0n) is 8.87. The van der Waals surface area contributed by atoms with Crippen LogP contribution in [0.4, 0.5) is 0 Å². The van der Waals surface area contributed by atoms with Crippen LogP contribution in [0.3, 0.4) is 0 Å². The van der Waals surface area contributed by atoms with Crippen LogP contribution in [0.5, 0.6) is 5.75 Å². The van der Waals surface area contributed by atoms with Gasteiger partial charge in [0.25, 0.3) is 0 Å². The Balaban J connectivity index is 2.82. The van der Waals surface area contributed by atoms with Gasteiger partial charge in [0.15, 0.2) is 0 Å². The number of rotatable bonds is 5. The fraction of sp³-hybridized carbons (Fsp3) is 0.455. The maximum absolute atomic E-state index is 9.52. The Bertz CT molecular complexity index is 313. The third-order valence-electron chi connectivity index (χ3n) is 1.98. The Hall–Kier alpha value is -0.770. The number of hydrogen-bond donors (Lipinski definition) is 1. The molecule has 0 aliphatic heterocycles. The molecule has 84 valence electrons. The molecule has 3 nitrogen and oxygen atoms in total. The van der Waals surface area contributed by atoms with Gasteiger partial charge in [-0.1, -0.05) is 23.7 Å². The van der Waals surface area contributed by atoms with Crippen LogP contribution in [0.1, 0.15) is 18.6 Å². The monoisotopic (exact) mass is 230 g/mol. The molecule has 0 radical (unpaired) electrons. The Morgan fingerprint density at radius 3 is 2.73 bits per heavy atom. The molecular formula is C11H15ClO3. The third kappa shape index (κ3) is 3.38. The van der Waals surface area contributed by atoms with Crippen molar-refractivity contribution in [2.75, 3.05) is 20.3 Å². The molecule has 0 amide bonds. The van der Waals surface area contributed by atoms with Gasteiger partial charge in [0.1, 0.15) is 12.4 Å². The molecule has 1 rings (SSSR count). The molecule has 0 saturated heterocycles. The van der Waals surface area contributed by atoms with Crippen LogP contribution >= 0.6 is 11.6 Å². The van der Waals surface area contributed by atoms with Crippen LogP contribution in [-0.4, -0.2) is 25.4 Å². The van der Waals surface area contributed by atoms with Crippen LogP contribution in [0, 0.1) is 0 Å². The van der Waals surface area contributed by atoms with Gasteiger partial charge in [-0.2, -0.15) is 0 Å².